The van der Waals surface area contributed by atoms with Gasteiger partial charge in [0.2, 0.25) is 0 Å². The normalized spacial score (nSPS) is 19.4. The maximum Gasteiger partial charge on any atom is 0.320 e. The van der Waals surface area contributed by atoms with Crippen LogP contribution in [0.25, 0.3) is 0 Å². The minimum Gasteiger partial charge on any atom is -0.497 e. The molecule has 4 nitrogen and oxygen atoms in total. The molecule has 1 saturated heterocycles. The lowest BCUT2D eigenvalue weighted by Crippen LogP contribution is -2.39. The fraction of sp³-hybridized carbons (Fsp3) is 0.316. The minimum atomic E-state index is -0.744. The third kappa shape index (κ3) is 3.22. The molecule has 120 valence electrons. The van der Waals surface area contributed by atoms with Crippen LogP contribution in [0.5, 0.6) is 5.75 Å². The Morgan fingerprint density at radius 1 is 1.17 bits per heavy atom. The SMILES string of the molecule is COc1cccc(C(c2ccccc2)N2CCCC2C(=O)O)c1. The van der Waals surface area contributed by atoms with Crippen LogP contribution in [0.1, 0.15) is 30.0 Å². The number of carboxylic acid groups (broad SMARTS) is 1. The number of rotatable bonds is 5. The Bertz CT molecular complexity index is 671. The van der Waals surface area contributed by atoms with Crippen molar-refractivity contribution in [3.63, 3.8) is 0 Å². The van der Waals surface area contributed by atoms with E-state index in [0.717, 1.165) is 29.8 Å². The van der Waals surface area contributed by atoms with Gasteiger partial charge in [0.05, 0.1) is 13.2 Å². The number of hydrogen-bond donors (Lipinski definition) is 1. The van der Waals surface area contributed by atoms with Crippen LogP contribution in [0.15, 0.2) is 54.6 Å². The van der Waals surface area contributed by atoms with Crippen LogP contribution in [-0.4, -0.2) is 35.7 Å². The molecule has 0 spiro atoms. The van der Waals surface area contributed by atoms with Gasteiger partial charge in [0.25, 0.3) is 0 Å². The Labute approximate surface area is 136 Å². The molecule has 2 aromatic carbocycles. The van der Waals surface area contributed by atoms with E-state index in [9.17, 15) is 9.90 Å². The quantitative estimate of drug-likeness (QED) is 0.920. The van der Waals surface area contributed by atoms with E-state index in [4.69, 9.17) is 4.74 Å². The predicted molar refractivity (Wildman–Crippen MR) is 88.6 cm³/mol. The van der Waals surface area contributed by atoms with Gasteiger partial charge >= 0.3 is 5.97 Å². The van der Waals surface area contributed by atoms with Crippen molar-refractivity contribution in [2.45, 2.75) is 24.9 Å². The van der Waals surface area contributed by atoms with Crippen molar-refractivity contribution < 1.29 is 14.6 Å². The first kappa shape index (κ1) is 15.6. The first-order valence-electron chi connectivity index (χ1n) is 7.88. The van der Waals surface area contributed by atoms with Crippen molar-refractivity contribution in [3.8, 4) is 5.75 Å². The molecule has 1 aliphatic heterocycles. The number of nitrogens with zero attached hydrogens (tertiary/aromatic N) is 1. The molecule has 2 unspecified atom stereocenters. The molecule has 1 aliphatic rings. The van der Waals surface area contributed by atoms with Gasteiger partial charge in [0.15, 0.2) is 0 Å². The second kappa shape index (κ2) is 6.84. The van der Waals surface area contributed by atoms with Gasteiger partial charge in [-0.1, -0.05) is 42.5 Å². The number of ether oxygens (including phenoxy) is 1. The van der Waals surface area contributed by atoms with Crippen molar-refractivity contribution >= 4 is 5.97 Å². The topological polar surface area (TPSA) is 49.8 Å². The summed E-state index contributed by atoms with van der Waals surface area (Å²) in [6.45, 7) is 0.785. The summed E-state index contributed by atoms with van der Waals surface area (Å²) in [5.41, 5.74) is 2.16. The van der Waals surface area contributed by atoms with Gasteiger partial charge in [-0.25, -0.2) is 0 Å². The summed E-state index contributed by atoms with van der Waals surface area (Å²) in [4.78, 5) is 13.7. The van der Waals surface area contributed by atoms with Crippen LogP contribution in [0, 0.1) is 0 Å². The van der Waals surface area contributed by atoms with Gasteiger partial charge < -0.3 is 9.84 Å². The molecule has 3 rings (SSSR count). The van der Waals surface area contributed by atoms with Crippen LogP contribution < -0.4 is 4.74 Å². The fourth-order valence-electron chi connectivity index (χ4n) is 3.39. The molecule has 0 bridgehead atoms. The Morgan fingerprint density at radius 3 is 2.61 bits per heavy atom. The van der Waals surface area contributed by atoms with E-state index < -0.39 is 12.0 Å². The summed E-state index contributed by atoms with van der Waals surface area (Å²) >= 11 is 0. The molecule has 1 N–H and O–H groups in total. The van der Waals surface area contributed by atoms with E-state index in [1.807, 2.05) is 42.5 Å². The molecule has 0 aliphatic carbocycles. The van der Waals surface area contributed by atoms with E-state index in [2.05, 4.69) is 17.0 Å². The Morgan fingerprint density at radius 2 is 1.91 bits per heavy atom. The largest absolute Gasteiger partial charge is 0.497 e. The lowest BCUT2D eigenvalue weighted by atomic mass is 9.96. The lowest BCUT2D eigenvalue weighted by molar-refractivity contribution is -0.142. The first-order chi connectivity index (χ1) is 11.2. The lowest BCUT2D eigenvalue weighted by Gasteiger charge is -2.32. The van der Waals surface area contributed by atoms with Crippen molar-refractivity contribution in [2.24, 2.45) is 0 Å². The first-order valence-corrected chi connectivity index (χ1v) is 7.88. The Hall–Kier alpha value is -2.33. The zero-order valence-electron chi connectivity index (χ0n) is 13.2. The molecule has 2 aromatic rings. The standard InChI is InChI=1S/C19H21NO3/c1-23-16-10-5-9-15(13-16)18(14-7-3-2-4-8-14)20-12-6-11-17(20)19(21)22/h2-5,7-10,13,17-18H,6,11-12H2,1H3,(H,21,22). The monoisotopic (exact) mass is 311 g/mol. The summed E-state index contributed by atoms with van der Waals surface area (Å²) in [5.74, 6) is 0.0424. The zero-order chi connectivity index (χ0) is 16.2. The average molecular weight is 311 g/mol. The fourth-order valence-corrected chi connectivity index (χ4v) is 3.39. The third-order valence-electron chi connectivity index (χ3n) is 4.44. The summed E-state index contributed by atoms with van der Waals surface area (Å²) in [6.07, 6.45) is 1.60. The van der Waals surface area contributed by atoms with Crippen molar-refractivity contribution in [3.05, 3.63) is 65.7 Å². The van der Waals surface area contributed by atoms with E-state index in [-0.39, 0.29) is 6.04 Å². The number of likely N-dealkylation sites (tertiary alicyclic amines) is 1. The second-order valence-corrected chi connectivity index (χ2v) is 5.82. The maximum atomic E-state index is 11.6. The number of carboxylic acids is 1. The van der Waals surface area contributed by atoms with E-state index in [0.29, 0.717) is 6.42 Å². The molecule has 0 saturated carbocycles. The smallest absolute Gasteiger partial charge is 0.320 e. The van der Waals surface area contributed by atoms with Crippen LogP contribution in [0.4, 0.5) is 0 Å². The molecule has 1 heterocycles. The molecule has 0 amide bonds. The van der Waals surface area contributed by atoms with Gasteiger partial charge in [0.1, 0.15) is 11.8 Å². The van der Waals surface area contributed by atoms with E-state index >= 15 is 0 Å². The van der Waals surface area contributed by atoms with Crippen molar-refractivity contribution in [1.29, 1.82) is 0 Å². The second-order valence-electron chi connectivity index (χ2n) is 5.82. The average Bonchev–Trinajstić information content (AvgIpc) is 3.06. The molecular formula is C19H21NO3. The summed E-state index contributed by atoms with van der Waals surface area (Å²) in [7, 11) is 1.65. The van der Waals surface area contributed by atoms with Crippen LogP contribution >= 0.6 is 0 Å². The van der Waals surface area contributed by atoms with E-state index in [1.54, 1.807) is 7.11 Å². The molecule has 23 heavy (non-hydrogen) atoms. The Kier molecular flexibility index (Phi) is 4.63. The third-order valence-corrected chi connectivity index (χ3v) is 4.44. The molecule has 1 fully saturated rings. The van der Waals surface area contributed by atoms with Gasteiger partial charge in [-0.3, -0.25) is 9.69 Å². The van der Waals surface area contributed by atoms with Crippen molar-refractivity contribution in [2.75, 3.05) is 13.7 Å². The summed E-state index contributed by atoms with van der Waals surface area (Å²) < 4.78 is 5.34. The summed E-state index contributed by atoms with van der Waals surface area (Å²) in [5, 5.41) is 9.56. The van der Waals surface area contributed by atoms with Crippen LogP contribution in [0.3, 0.4) is 0 Å². The molecule has 4 heteroatoms. The molecule has 2 atom stereocenters. The van der Waals surface area contributed by atoms with Crippen LogP contribution in [-0.2, 0) is 4.79 Å². The highest BCUT2D eigenvalue weighted by molar-refractivity contribution is 5.74. The number of carbonyl (C=O) groups is 1. The van der Waals surface area contributed by atoms with Gasteiger partial charge in [-0.2, -0.15) is 0 Å². The molecule has 0 radical (unpaired) electrons. The number of hydrogen-bond acceptors (Lipinski definition) is 3. The highest BCUT2D eigenvalue weighted by atomic mass is 16.5. The predicted octanol–water partition coefficient (Wildman–Crippen LogP) is 3.33. The number of methoxy groups -OCH3 is 1. The van der Waals surface area contributed by atoms with Gasteiger partial charge in [-0.15, -0.1) is 0 Å². The number of benzene rings is 2. The van der Waals surface area contributed by atoms with Gasteiger partial charge in [-0.05, 0) is 36.1 Å². The van der Waals surface area contributed by atoms with Crippen molar-refractivity contribution in [1.82, 2.24) is 4.90 Å². The zero-order valence-corrected chi connectivity index (χ0v) is 13.2. The Balaban J connectivity index is 2.05. The summed E-state index contributed by atoms with van der Waals surface area (Å²) in [6, 6.07) is 17.5. The maximum absolute atomic E-state index is 11.6. The van der Waals surface area contributed by atoms with Gasteiger partial charge in [0, 0.05) is 6.54 Å². The molecular weight excluding hydrogens is 290 g/mol. The number of aliphatic carboxylic acids is 1. The highest BCUT2D eigenvalue weighted by Gasteiger charge is 2.36. The highest BCUT2D eigenvalue weighted by Crippen LogP contribution is 2.35. The molecule has 0 aromatic heterocycles. The van der Waals surface area contributed by atoms with E-state index in [1.165, 1.54) is 0 Å². The minimum absolute atomic E-state index is 0.0742. The van der Waals surface area contributed by atoms with Crippen LogP contribution in [0.2, 0.25) is 0 Å².